The summed E-state index contributed by atoms with van der Waals surface area (Å²) in [6.45, 7) is 3.85. The van der Waals surface area contributed by atoms with Gasteiger partial charge in [-0.2, -0.15) is 11.8 Å². The molecule has 3 rings (SSSR count). The molecule has 1 unspecified atom stereocenters. The van der Waals surface area contributed by atoms with Crippen LogP contribution in [0.3, 0.4) is 0 Å². The zero-order chi connectivity index (χ0) is 11.7. The number of nitrogens with zero attached hydrogens (tertiary/aromatic N) is 1. The van der Waals surface area contributed by atoms with Crippen molar-refractivity contribution in [2.45, 2.75) is 55.9 Å². The number of hydrogen-bond acceptors (Lipinski definition) is 3. The highest BCUT2D eigenvalue weighted by molar-refractivity contribution is 7.99. The molecule has 0 aromatic heterocycles. The van der Waals surface area contributed by atoms with Crippen LogP contribution in [-0.2, 0) is 0 Å². The van der Waals surface area contributed by atoms with Crippen LogP contribution in [0, 0.1) is 5.92 Å². The van der Waals surface area contributed by atoms with Gasteiger partial charge < -0.3 is 5.32 Å². The van der Waals surface area contributed by atoms with E-state index >= 15 is 0 Å². The highest BCUT2D eigenvalue weighted by Gasteiger charge is 2.36. The molecule has 3 heteroatoms. The lowest BCUT2D eigenvalue weighted by molar-refractivity contribution is 0.111. The number of thioether (sulfide) groups is 1. The van der Waals surface area contributed by atoms with Gasteiger partial charge in [-0.1, -0.05) is 0 Å². The lowest BCUT2D eigenvalue weighted by Crippen LogP contribution is -2.55. The molecule has 2 nitrogen and oxygen atoms in total. The van der Waals surface area contributed by atoms with E-state index in [0.717, 1.165) is 23.3 Å². The molecule has 0 aromatic carbocycles. The van der Waals surface area contributed by atoms with Crippen LogP contribution in [0.15, 0.2) is 0 Å². The van der Waals surface area contributed by atoms with E-state index in [2.05, 4.69) is 28.2 Å². The van der Waals surface area contributed by atoms with E-state index in [-0.39, 0.29) is 0 Å². The van der Waals surface area contributed by atoms with Gasteiger partial charge in [0.05, 0.1) is 0 Å². The summed E-state index contributed by atoms with van der Waals surface area (Å²) in [5, 5.41) is 4.68. The Balaban J connectivity index is 1.50. The van der Waals surface area contributed by atoms with Gasteiger partial charge in [0.25, 0.3) is 0 Å². The fourth-order valence-electron chi connectivity index (χ4n) is 3.59. The minimum absolute atomic E-state index is 0.821. The second-order valence-electron chi connectivity index (χ2n) is 6.06. The minimum Gasteiger partial charge on any atom is -0.311 e. The summed E-state index contributed by atoms with van der Waals surface area (Å²) in [6.07, 6.45) is 11.0. The summed E-state index contributed by atoms with van der Waals surface area (Å²) in [5.74, 6) is 1.01. The van der Waals surface area contributed by atoms with Crippen LogP contribution in [0.25, 0.3) is 0 Å². The van der Waals surface area contributed by atoms with Gasteiger partial charge in [-0.15, -0.1) is 0 Å². The molecule has 2 aliphatic carbocycles. The Morgan fingerprint density at radius 3 is 2.47 bits per heavy atom. The molecule has 98 valence electrons. The number of nitrogens with one attached hydrogen (secondary N) is 1. The Morgan fingerprint density at radius 2 is 1.82 bits per heavy atom. The van der Waals surface area contributed by atoms with Crippen LogP contribution >= 0.6 is 11.8 Å². The van der Waals surface area contributed by atoms with Gasteiger partial charge >= 0.3 is 0 Å². The summed E-state index contributed by atoms with van der Waals surface area (Å²) in [5.41, 5.74) is 0. The maximum absolute atomic E-state index is 3.72. The van der Waals surface area contributed by atoms with Crippen LogP contribution in [0.5, 0.6) is 0 Å². The van der Waals surface area contributed by atoms with E-state index in [9.17, 15) is 0 Å². The lowest BCUT2D eigenvalue weighted by atomic mass is 9.92. The molecule has 1 atom stereocenters. The van der Waals surface area contributed by atoms with Crippen molar-refractivity contribution < 1.29 is 0 Å². The zero-order valence-corrected chi connectivity index (χ0v) is 11.8. The maximum Gasteiger partial charge on any atom is 0.0223 e. The van der Waals surface area contributed by atoms with Crippen LogP contribution in [0.4, 0.5) is 0 Å². The quantitative estimate of drug-likeness (QED) is 0.832. The van der Waals surface area contributed by atoms with Crippen molar-refractivity contribution in [1.29, 1.82) is 0 Å². The van der Waals surface area contributed by atoms with Crippen molar-refractivity contribution in [3.8, 4) is 0 Å². The highest BCUT2D eigenvalue weighted by Crippen LogP contribution is 2.35. The summed E-state index contributed by atoms with van der Waals surface area (Å²) < 4.78 is 0. The van der Waals surface area contributed by atoms with Crippen LogP contribution in [0.2, 0.25) is 0 Å². The van der Waals surface area contributed by atoms with E-state index in [1.807, 2.05) is 0 Å². The average molecular weight is 254 g/mol. The van der Waals surface area contributed by atoms with E-state index in [0.29, 0.717) is 0 Å². The van der Waals surface area contributed by atoms with Crippen molar-refractivity contribution >= 4 is 11.8 Å². The highest BCUT2D eigenvalue weighted by atomic mass is 32.2. The van der Waals surface area contributed by atoms with Crippen molar-refractivity contribution in [2.75, 3.05) is 25.9 Å². The molecular weight excluding hydrogens is 228 g/mol. The predicted octanol–water partition coefficient (Wildman–Crippen LogP) is 2.34. The second kappa shape index (κ2) is 5.50. The molecule has 17 heavy (non-hydrogen) atoms. The molecule has 3 fully saturated rings. The molecule has 3 aliphatic rings. The molecular formula is C14H26N2S. The van der Waals surface area contributed by atoms with Gasteiger partial charge in [0.15, 0.2) is 0 Å². The Bertz CT molecular complexity index is 247. The molecule has 0 amide bonds. The first-order chi connectivity index (χ1) is 8.36. The van der Waals surface area contributed by atoms with Crippen LogP contribution in [-0.4, -0.2) is 48.1 Å². The van der Waals surface area contributed by atoms with E-state index in [1.54, 1.807) is 0 Å². The molecule has 0 bridgehead atoms. The molecule has 0 aromatic rings. The summed E-state index contributed by atoms with van der Waals surface area (Å²) in [6, 6.07) is 1.73. The van der Waals surface area contributed by atoms with Crippen LogP contribution in [0.1, 0.15) is 38.5 Å². The Morgan fingerprint density at radius 1 is 1.06 bits per heavy atom. The molecule has 0 spiro atoms. The maximum atomic E-state index is 3.72. The SMILES string of the molecule is CSC1CCC(N2CCNC(C3CC3)C2)CC1. The average Bonchev–Trinajstić information content (AvgIpc) is 3.23. The van der Waals surface area contributed by atoms with E-state index in [1.165, 1.54) is 58.2 Å². The summed E-state index contributed by atoms with van der Waals surface area (Å²) in [7, 11) is 0. The van der Waals surface area contributed by atoms with Crippen molar-refractivity contribution in [3.63, 3.8) is 0 Å². The van der Waals surface area contributed by atoms with Crippen LogP contribution < -0.4 is 5.32 Å². The summed E-state index contributed by atoms with van der Waals surface area (Å²) >= 11 is 2.08. The van der Waals surface area contributed by atoms with E-state index < -0.39 is 0 Å². The van der Waals surface area contributed by atoms with E-state index in [4.69, 9.17) is 0 Å². The Hall–Kier alpha value is 0.270. The topological polar surface area (TPSA) is 15.3 Å². The molecule has 1 heterocycles. The first-order valence-electron chi connectivity index (χ1n) is 7.37. The van der Waals surface area contributed by atoms with Gasteiger partial charge in [-0.05, 0) is 50.7 Å². The van der Waals surface area contributed by atoms with Crippen molar-refractivity contribution in [3.05, 3.63) is 0 Å². The fraction of sp³-hybridized carbons (Fsp3) is 1.00. The Labute approximate surface area is 110 Å². The standard InChI is InChI=1S/C14H26N2S/c1-17-13-6-4-12(5-7-13)16-9-8-15-14(10-16)11-2-3-11/h11-15H,2-10H2,1H3. The molecule has 0 radical (unpaired) electrons. The largest absolute Gasteiger partial charge is 0.311 e. The third kappa shape index (κ3) is 2.99. The smallest absolute Gasteiger partial charge is 0.0223 e. The monoisotopic (exact) mass is 254 g/mol. The fourth-order valence-corrected chi connectivity index (χ4v) is 4.34. The first-order valence-corrected chi connectivity index (χ1v) is 8.66. The Kier molecular flexibility index (Phi) is 3.98. The van der Waals surface area contributed by atoms with Crippen molar-refractivity contribution in [1.82, 2.24) is 10.2 Å². The van der Waals surface area contributed by atoms with Crippen molar-refractivity contribution in [2.24, 2.45) is 5.92 Å². The van der Waals surface area contributed by atoms with Gasteiger partial charge in [-0.25, -0.2) is 0 Å². The number of hydrogen-bond donors (Lipinski definition) is 1. The zero-order valence-electron chi connectivity index (χ0n) is 11.0. The number of piperazine rings is 1. The minimum atomic E-state index is 0.821. The van der Waals surface area contributed by atoms with Gasteiger partial charge in [0.1, 0.15) is 0 Å². The molecule has 1 N–H and O–H groups in total. The molecule has 1 saturated heterocycles. The molecule has 1 aliphatic heterocycles. The first kappa shape index (κ1) is 12.3. The normalized spacial score (nSPS) is 40.4. The van der Waals surface area contributed by atoms with Gasteiger partial charge in [0.2, 0.25) is 0 Å². The second-order valence-corrected chi connectivity index (χ2v) is 7.20. The van der Waals surface area contributed by atoms with Gasteiger partial charge in [0, 0.05) is 37.0 Å². The third-order valence-electron chi connectivity index (χ3n) is 4.92. The lowest BCUT2D eigenvalue weighted by Gasteiger charge is -2.41. The summed E-state index contributed by atoms with van der Waals surface area (Å²) in [4.78, 5) is 2.80. The third-order valence-corrected chi connectivity index (χ3v) is 6.06. The van der Waals surface area contributed by atoms with Gasteiger partial charge in [-0.3, -0.25) is 4.90 Å². The molecule has 2 saturated carbocycles. The predicted molar refractivity (Wildman–Crippen MR) is 75.6 cm³/mol. The number of rotatable bonds is 3.